The van der Waals surface area contributed by atoms with Crippen molar-refractivity contribution in [1.29, 1.82) is 0 Å². The zero-order valence-electron chi connectivity index (χ0n) is 25.9. The molecule has 2 aromatic rings. The van der Waals surface area contributed by atoms with Crippen molar-refractivity contribution in [2.24, 2.45) is 11.8 Å². The maximum Gasteiger partial charge on any atom is 0.289 e. The largest absolute Gasteiger partial charge is 0.361 e. The summed E-state index contributed by atoms with van der Waals surface area (Å²) in [5.41, 5.74) is 1.19. The fourth-order valence-electron chi connectivity index (χ4n) is 5.93. The molecular formula is C32H44N6O6. The Morgan fingerprint density at radius 3 is 2.52 bits per heavy atom. The fourth-order valence-corrected chi connectivity index (χ4v) is 5.93. The van der Waals surface area contributed by atoms with E-state index in [1.54, 1.807) is 11.8 Å². The number of benzene rings is 1. The summed E-state index contributed by atoms with van der Waals surface area (Å²) in [6.07, 6.45) is 2.09. The highest BCUT2D eigenvalue weighted by atomic mass is 16.5. The molecule has 4 amide bonds. The molecule has 0 spiro atoms. The van der Waals surface area contributed by atoms with Gasteiger partial charge < -0.3 is 30.7 Å². The van der Waals surface area contributed by atoms with Crippen molar-refractivity contribution in [2.75, 3.05) is 26.2 Å². The van der Waals surface area contributed by atoms with Crippen molar-refractivity contribution >= 4 is 29.4 Å². The van der Waals surface area contributed by atoms with E-state index in [1.165, 1.54) is 6.07 Å². The molecular weight excluding hydrogens is 564 g/mol. The van der Waals surface area contributed by atoms with Crippen molar-refractivity contribution in [3.05, 3.63) is 53.4 Å². The molecule has 12 heteroatoms. The summed E-state index contributed by atoms with van der Waals surface area (Å²) < 4.78 is 5.04. The van der Waals surface area contributed by atoms with Gasteiger partial charge in [0.1, 0.15) is 11.8 Å². The Morgan fingerprint density at radius 1 is 1.16 bits per heavy atom. The number of nitrogens with zero attached hydrogens (tertiary/aromatic N) is 2. The number of hydrogen-bond donors (Lipinski definition) is 4. The summed E-state index contributed by atoms with van der Waals surface area (Å²) in [6, 6.07) is 9.40. The van der Waals surface area contributed by atoms with E-state index in [-0.39, 0.29) is 54.3 Å². The van der Waals surface area contributed by atoms with Crippen molar-refractivity contribution < 1.29 is 28.5 Å². The third-order valence-corrected chi connectivity index (χ3v) is 8.41. The molecule has 2 aliphatic rings. The molecule has 1 aromatic heterocycles. The number of nitrogens with one attached hydrogen (secondary N) is 4. The number of rotatable bonds is 14. The molecule has 1 aromatic carbocycles. The second-order valence-electron chi connectivity index (χ2n) is 12.1. The van der Waals surface area contributed by atoms with Gasteiger partial charge in [-0.15, -0.1) is 0 Å². The van der Waals surface area contributed by atoms with Crippen molar-refractivity contribution in [1.82, 2.24) is 31.3 Å². The first kappa shape index (κ1) is 32.8. The van der Waals surface area contributed by atoms with Crippen LogP contribution < -0.4 is 21.3 Å². The Kier molecular flexibility index (Phi) is 11.3. The predicted octanol–water partition coefficient (Wildman–Crippen LogP) is 1.70. The minimum absolute atomic E-state index is 0.0382. The number of carbonyl (C=O) groups is 5. The molecule has 1 unspecified atom stereocenters. The van der Waals surface area contributed by atoms with Crippen molar-refractivity contribution in [3.63, 3.8) is 0 Å². The van der Waals surface area contributed by atoms with Crippen molar-refractivity contribution in [3.8, 4) is 0 Å². The standard InChI is InChI=1S/C32H44N6O6/c1-5-12-33-31(42)28(39)25(16-22-11-13-34-29(22)40)35-17-24-15-23(21-9-7-6-8-10-21)18-38(24)32(43)27(19(2)3)36-30(41)26-14-20(4)44-37-26/h6-10,14,19,22-25,27,35H,5,11-13,15-18H2,1-4H3,(H,33,42)(H,34,40)(H,36,41)/t22-,23+,24?,25-,27+/m0/s1. The van der Waals surface area contributed by atoms with E-state index in [0.717, 1.165) is 5.56 Å². The van der Waals surface area contributed by atoms with Crippen LogP contribution in [0, 0.1) is 18.8 Å². The van der Waals surface area contributed by atoms with Crippen LogP contribution in [0.5, 0.6) is 0 Å². The van der Waals surface area contributed by atoms with E-state index in [0.29, 0.717) is 44.7 Å². The molecule has 2 saturated heterocycles. The molecule has 2 aliphatic heterocycles. The van der Waals surface area contributed by atoms with Gasteiger partial charge >= 0.3 is 0 Å². The number of hydrogen-bond acceptors (Lipinski definition) is 8. The zero-order chi connectivity index (χ0) is 31.8. The zero-order valence-corrected chi connectivity index (χ0v) is 25.9. The molecule has 12 nitrogen and oxygen atoms in total. The molecule has 5 atom stereocenters. The van der Waals surface area contributed by atoms with E-state index in [9.17, 15) is 24.0 Å². The summed E-state index contributed by atoms with van der Waals surface area (Å²) >= 11 is 0. The molecule has 0 aliphatic carbocycles. The van der Waals surface area contributed by atoms with E-state index >= 15 is 0 Å². The van der Waals surface area contributed by atoms with E-state index < -0.39 is 29.7 Å². The van der Waals surface area contributed by atoms with E-state index in [2.05, 4.69) is 26.4 Å². The Morgan fingerprint density at radius 2 is 1.91 bits per heavy atom. The highest BCUT2D eigenvalue weighted by Gasteiger charge is 2.41. The highest BCUT2D eigenvalue weighted by Crippen LogP contribution is 2.33. The number of carbonyl (C=O) groups excluding carboxylic acids is 5. The summed E-state index contributed by atoms with van der Waals surface area (Å²) in [5, 5.41) is 15.3. The second-order valence-corrected chi connectivity index (χ2v) is 12.1. The minimum Gasteiger partial charge on any atom is -0.361 e. The molecule has 3 heterocycles. The molecule has 238 valence electrons. The lowest BCUT2D eigenvalue weighted by Gasteiger charge is -2.32. The number of likely N-dealkylation sites (tertiary alicyclic amines) is 1. The molecule has 0 bridgehead atoms. The predicted molar refractivity (Wildman–Crippen MR) is 162 cm³/mol. The Balaban J connectivity index is 1.55. The first-order chi connectivity index (χ1) is 21.1. The number of aromatic nitrogens is 1. The quantitative estimate of drug-likeness (QED) is 0.236. The topological polar surface area (TPSA) is 163 Å². The lowest BCUT2D eigenvalue weighted by Crippen LogP contribution is -2.55. The van der Waals surface area contributed by atoms with Gasteiger partial charge in [0.15, 0.2) is 5.69 Å². The summed E-state index contributed by atoms with van der Waals surface area (Å²) in [7, 11) is 0. The monoisotopic (exact) mass is 608 g/mol. The third-order valence-electron chi connectivity index (χ3n) is 8.41. The van der Waals surface area contributed by atoms with E-state index in [4.69, 9.17) is 4.52 Å². The minimum atomic E-state index is -0.885. The normalized spacial score (nSPS) is 21.2. The lowest BCUT2D eigenvalue weighted by molar-refractivity contribution is -0.139. The maximum atomic E-state index is 14.1. The van der Waals surface area contributed by atoms with Gasteiger partial charge in [0.2, 0.25) is 17.6 Å². The molecule has 0 saturated carbocycles. The van der Waals surface area contributed by atoms with Gasteiger partial charge in [-0.3, -0.25) is 24.0 Å². The Labute approximate surface area is 258 Å². The van der Waals surface area contributed by atoms with Crippen LogP contribution in [-0.2, 0) is 19.2 Å². The van der Waals surface area contributed by atoms with Crippen LogP contribution in [0.3, 0.4) is 0 Å². The lowest BCUT2D eigenvalue weighted by atomic mass is 9.94. The maximum absolute atomic E-state index is 14.1. The average molecular weight is 609 g/mol. The van der Waals surface area contributed by atoms with Crippen LogP contribution >= 0.6 is 0 Å². The first-order valence-corrected chi connectivity index (χ1v) is 15.5. The summed E-state index contributed by atoms with van der Waals surface area (Å²) in [6.45, 7) is 8.90. The van der Waals surface area contributed by atoms with Crippen LogP contribution in [0.4, 0.5) is 0 Å². The fraction of sp³-hybridized carbons (Fsp3) is 0.562. The van der Waals surface area contributed by atoms with Gasteiger partial charge in [-0.1, -0.05) is 56.3 Å². The average Bonchev–Trinajstić information content (AvgIpc) is 3.76. The molecule has 2 fully saturated rings. The van der Waals surface area contributed by atoms with Gasteiger partial charge in [0, 0.05) is 50.1 Å². The summed E-state index contributed by atoms with van der Waals surface area (Å²) in [4.78, 5) is 67.1. The molecule has 4 rings (SSSR count). The van der Waals surface area contributed by atoms with Gasteiger partial charge in [-0.05, 0) is 44.1 Å². The van der Waals surface area contributed by atoms with Crippen molar-refractivity contribution in [2.45, 2.75) is 77.4 Å². The number of ketones is 1. The van der Waals surface area contributed by atoms with Crippen LogP contribution in [-0.4, -0.2) is 83.8 Å². The Hall–Kier alpha value is -4.06. The molecule has 0 radical (unpaired) electrons. The second kappa shape index (κ2) is 15.1. The highest BCUT2D eigenvalue weighted by molar-refractivity contribution is 6.38. The first-order valence-electron chi connectivity index (χ1n) is 15.5. The van der Waals surface area contributed by atoms with E-state index in [1.807, 2.05) is 51.1 Å². The van der Waals surface area contributed by atoms with Gasteiger partial charge in [-0.25, -0.2) is 0 Å². The van der Waals surface area contributed by atoms with Crippen LogP contribution in [0.25, 0.3) is 0 Å². The molecule has 4 N–H and O–H groups in total. The number of aryl methyl sites for hydroxylation is 1. The van der Waals surface area contributed by atoms with Crippen LogP contribution in [0.15, 0.2) is 40.9 Å². The Bertz CT molecular complexity index is 1330. The SMILES string of the molecule is CCCNC(=O)C(=O)[C@H](C[C@@H]1CCNC1=O)NCC1C[C@@H](c2ccccc2)CN1C(=O)[C@H](NC(=O)c1cc(C)on1)C(C)C. The molecule has 44 heavy (non-hydrogen) atoms. The van der Waals surface area contributed by atoms with Crippen LogP contribution in [0.1, 0.15) is 74.2 Å². The van der Waals surface area contributed by atoms with Gasteiger partial charge in [0.05, 0.1) is 6.04 Å². The number of Topliss-reactive ketones (excluding diaryl/α,β-unsaturated/α-hetero) is 1. The van der Waals surface area contributed by atoms with Gasteiger partial charge in [-0.2, -0.15) is 0 Å². The smallest absolute Gasteiger partial charge is 0.289 e. The number of amides is 4. The van der Waals surface area contributed by atoms with Gasteiger partial charge in [0.25, 0.3) is 11.8 Å². The summed E-state index contributed by atoms with van der Waals surface area (Å²) in [5.74, 6) is -2.25. The van der Waals surface area contributed by atoms with Crippen LogP contribution in [0.2, 0.25) is 0 Å². The third kappa shape index (κ3) is 8.10.